The van der Waals surface area contributed by atoms with Gasteiger partial charge in [-0.3, -0.25) is 0 Å². The van der Waals surface area contributed by atoms with Crippen LogP contribution in [0, 0.1) is 0 Å². The molecule has 3 nitrogen and oxygen atoms in total. The van der Waals surface area contributed by atoms with Crippen LogP contribution < -0.4 is 10.5 Å². The molecule has 0 saturated heterocycles. The fourth-order valence-electron chi connectivity index (χ4n) is 1.09. The molecule has 5 heteroatoms. The highest BCUT2D eigenvalue weighted by atomic mass is 35.5. The Morgan fingerprint density at radius 3 is 2.87 bits per heavy atom. The standard InChI is InChI=1S/C10H9ClN2OS/c11-7-3-1-2-4-9(7)14-6-10-8(12)5-13-15-10/h1-5H,6,12H2. The molecule has 0 radical (unpaired) electrons. The van der Waals surface area contributed by atoms with Crippen LogP contribution in [0.25, 0.3) is 0 Å². The summed E-state index contributed by atoms with van der Waals surface area (Å²) >= 11 is 7.27. The number of aromatic nitrogens is 1. The topological polar surface area (TPSA) is 48.1 Å². The van der Waals surface area contributed by atoms with E-state index < -0.39 is 0 Å². The first-order valence-electron chi connectivity index (χ1n) is 4.33. The Morgan fingerprint density at radius 1 is 1.40 bits per heavy atom. The average molecular weight is 241 g/mol. The van der Waals surface area contributed by atoms with E-state index in [0.29, 0.717) is 23.1 Å². The van der Waals surface area contributed by atoms with Crippen molar-refractivity contribution in [1.29, 1.82) is 0 Å². The molecule has 15 heavy (non-hydrogen) atoms. The summed E-state index contributed by atoms with van der Waals surface area (Å²) in [5, 5.41) is 0.598. The van der Waals surface area contributed by atoms with Crippen LogP contribution >= 0.6 is 23.1 Å². The molecular weight excluding hydrogens is 232 g/mol. The number of hydrogen-bond donors (Lipinski definition) is 1. The van der Waals surface area contributed by atoms with Crippen LogP contribution in [0.5, 0.6) is 5.75 Å². The molecule has 0 saturated carbocycles. The van der Waals surface area contributed by atoms with Crippen molar-refractivity contribution < 1.29 is 4.74 Å². The number of halogens is 1. The molecule has 0 unspecified atom stereocenters. The van der Waals surface area contributed by atoms with Gasteiger partial charge in [-0.05, 0) is 23.7 Å². The Balaban J connectivity index is 2.06. The number of ether oxygens (including phenoxy) is 1. The van der Waals surface area contributed by atoms with E-state index in [9.17, 15) is 0 Å². The third-order valence-electron chi connectivity index (χ3n) is 1.87. The predicted molar refractivity (Wildman–Crippen MR) is 62.3 cm³/mol. The summed E-state index contributed by atoms with van der Waals surface area (Å²) in [7, 11) is 0. The van der Waals surface area contributed by atoms with Gasteiger partial charge in [0.15, 0.2) is 0 Å². The van der Waals surface area contributed by atoms with E-state index in [2.05, 4.69) is 4.37 Å². The average Bonchev–Trinajstić information content (AvgIpc) is 2.63. The van der Waals surface area contributed by atoms with Gasteiger partial charge in [0.2, 0.25) is 0 Å². The quantitative estimate of drug-likeness (QED) is 0.897. The van der Waals surface area contributed by atoms with Gasteiger partial charge in [0.05, 0.1) is 21.8 Å². The second-order valence-corrected chi connectivity index (χ2v) is 4.22. The number of nitrogen functional groups attached to an aromatic ring is 1. The second-order valence-electron chi connectivity index (χ2n) is 2.92. The lowest BCUT2D eigenvalue weighted by atomic mass is 10.3. The van der Waals surface area contributed by atoms with Crippen molar-refractivity contribution in [2.75, 3.05) is 5.73 Å². The van der Waals surface area contributed by atoms with Crippen molar-refractivity contribution in [2.45, 2.75) is 6.61 Å². The van der Waals surface area contributed by atoms with Gasteiger partial charge in [-0.25, -0.2) is 0 Å². The van der Waals surface area contributed by atoms with E-state index in [0.717, 1.165) is 4.88 Å². The number of rotatable bonds is 3. The normalized spacial score (nSPS) is 10.2. The van der Waals surface area contributed by atoms with Gasteiger partial charge in [0, 0.05) is 0 Å². The number of benzene rings is 1. The molecule has 1 aromatic heterocycles. The Hall–Kier alpha value is -1.26. The van der Waals surface area contributed by atoms with Crippen LogP contribution in [-0.2, 0) is 6.61 Å². The smallest absolute Gasteiger partial charge is 0.138 e. The van der Waals surface area contributed by atoms with Crippen molar-refractivity contribution in [3.05, 3.63) is 40.4 Å². The Kier molecular flexibility index (Phi) is 3.08. The van der Waals surface area contributed by atoms with Crippen LogP contribution in [-0.4, -0.2) is 4.37 Å². The second kappa shape index (κ2) is 4.51. The fraction of sp³-hybridized carbons (Fsp3) is 0.100. The minimum absolute atomic E-state index is 0.403. The molecule has 0 bridgehead atoms. The minimum atomic E-state index is 0.403. The lowest BCUT2D eigenvalue weighted by Gasteiger charge is -2.06. The molecule has 0 aliphatic rings. The molecule has 0 spiro atoms. The Labute approximate surface area is 96.6 Å². The molecule has 0 aliphatic carbocycles. The van der Waals surface area contributed by atoms with E-state index in [4.69, 9.17) is 22.1 Å². The highest BCUT2D eigenvalue weighted by Crippen LogP contribution is 2.25. The first kappa shape index (κ1) is 10.3. The van der Waals surface area contributed by atoms with Crippen LogP contribution in [0.3, 0.4) is 0 Å². The first-order chi connectivity index (χ1) is 7.27. The van der Waals surface area contributed by atoms with Crippen molar-refractivity contribution in [3.8, 4) is 5.75 Å². The lowest BCUT2D eigenvalue weighted by Crippen LogP contribution is -1.96. The molecular formula is C10H9ClN2OS. The summed E-state index contributed by atoms with van der Waals surface area (Å²) in [6.45, 7) is 0.403. The molecule has 0 aliphatic heterocycles. The zero-order valence-electron chi connectivity index (χ0n) is 7.81. The zero-order chi connectivity index (χ0) is 10.7. The van der Waals surface area contributed by atoms with Crippen molar-refractivity contribution in [3.63, 3.8) is 0 Å². The lowest BCUT2D eigenvalue weighted by molar-refractivity contribution is 0.310. The molecule has 0 fully saturated rings. The van der Waals surface area contributed by atoms with E-state index in [1.54, 1.807) is 12.3 Å². The van der Waals surface area contributed by atoms with E-state index in [-0.39, 0.29) is 0 Å². The van der Waals surface area contributed by atoms with Crippen molar-refractivity contribution in [2.24, 2.45) is 0 Å². The molecule has 2 N–H and O–H groups in total. The van der Waals surface area contributed by atoms with Crippen molar-refractivity contribution in [1.82, 2.24) is 4.37 Å². The predicted octanol–water partition coefficient (Wildman–Crippen LogP) is 2.96. The van der Waals surface area contributed by atoms with Crippen LogP contribution in [0.15, 0.2) is 30.5 Å². The molecule has 2 aromatic rings. The van der Waals surface area contributed by atoms with E-state index >= 15 is 0 Å². The van der Waals surface area contributed by atoms with Gasteiger partial charge in [0.25, 0.3) is 0 Å². The van der Waals surface area contributed by atoms with E-state index in [1.165, 1.54) is 11.5 Å². The minimum Gasteiger partial charge on any atom is -0.486 e. The third-order valence-corrected chi connectivity index (χ3v) is 2.97. The molecule has 0 amide bonds. The summed E-state index contributed by atoms with van der Waals surface area (Å²) in [6.07, 6.45) is 1.62. The molecule has 0 atom stereocenters. The monoisotopic (exact) mass is 240 g/mol. The Morgan fingerprint density at radius 2 is 2.20 bits per heavy atom. The van der Waals surface area contributed by atoms with Gasteiger partial charge in [-0.15, -0.1) is 0 Å². The highest BCUT2D eigenvalue weighted by Gasteiger charge is 2.04. The maximum Gasteiger partial charge on any atom is 0.138 e. The highest BCUT2D eigenvalue weighted by molar-refractivity contribution is 7.06. The fourth-order valence-corrected chi connectivity index (χ4v) is 1.84. The van der Waals surface area contributed by atoms with Gasteiger partial charge in [-0.2, -0.15) is 4.37 Å². The van der Waals surface area contributed by atoms with E-state index in [1.807, 2.05) is 18.2 Å². The largest absolute Gasteiger partial charge is 0.486 e. The SMILES string of the molecule is Nc1cnsc1COc1ccccc1Cl. The van der Waals surface area contributed by atoms with Gasteiger partial charge in [-0.1, -0.05) is 23.7 Å². The van der Waals surface area contributed by atoms with Gasteiger partial charge >= 0.3 is 0 Å². The number of nitrogens with two attached hydrogens (primary N) is 1. The van der Waals surface area contributed by atoms with Crippen LogP contribution in [0.1, 0.15) is 4.88 Å². The van der Waals surface area contributed by atoms with Gasteiger partial charge < -0.3 is 10.5 Å². The number of anilines is 1. The maximum absolute atomic E-state index is 5.94. The number of para-hydroxylation sites is 1. The van der Waals surface area contributed by atoms with Gasteiger partial charge in [0.1, 0.15) is 12.4 Å². The Bertz CT molecular complexity index is 458. The van der Waals surface area contributed by atoms with Crippen LogP contribution in [0.2, 0.25) is 5.02 Å². The summed E-state index contributed by atoms with van der Waals surface area (Å²) in [5.41, 5.74) is 6.34. The number of nitrogens with zero attached hydrogens (tertiary/aromatic N) is 1. The maximum atomic E-state index is 5.94. The molecule has 1 heterocycles. The summed E-state index contributed by atoms with van der Waals surface area (Å²) < 4.78 is 9.48. The zero-order valence-corrected chi connectivity index (χ0v) is 9.39. The third kappa shape index (κ3) is 2.40. The summed E-state index contributed by atoms with van der Waals surface area (Å²) in [6, 6.07) is 7.33. The van der Waals surface area contributed by atoms with Crippen LogP contribution in [0.4, 0.5) is 5.69 Å². The first-order valence-corrected chi connectivity index (χ1v) is 5.49. The van der Waals surface area contributed by atoms with Crippen molar-refractivity contribution >= 4 is 28.8 Å². The molecule has 2 rings (SSSR count). The number of hydrogen-bond acceptors (Lipinski definition) is 4. The summed E-state index contributed by atoms with van der Waals surface area (Å²) in [4.78, 5) is 0.912. The summed E-state index contributed by atoms with van der Waals surface area (Å²) in [5.74, 6) is 0.659. The molecule has 1 aromatic carbocycles. The molecule has 78 valence electrons.